The molecule has 3 N–H and O–H groups in total. The van der Waals surface area contributed by atoms with Crippen LogP contribution >= 0.6 is 19.1 Å². The predicted molar refractivity (Wildman–Crippen MR) is 156 cm³/mol. The topological polar surface area (TPSA) is 138 Å². The first-order valence-corrected chi connectivity index (χ1v) is 18.0. The number of piperazine rings is 1. The summed E-state index contributed by atoms with van der Waals surface area (Å²) in [5.74, 6) is -1.16. The lowest BCUT2D eigenvalue weighted by molar-refractivity contribution is -0.111. The molecule has 13 heteroatoms. The van der Waals surface area contributed by atoms with Crippen LogP contribution < -0.4 is 15.8 Å². The molecule has 3 aliphatic rings. The van der Waals surface area contributed by atoms with E-state index in [4.69, 9.17) is 10.5 Å². The molecule has 1 aromatic rings. The quantitative estimate of drug-likeness (QED) is 0.285. The van der Waals surface area contributed by atoms with E-state index in [1.54, 1.807) is 6.92 Å². The molecule has 2 aliphatic heterocycles. The summed E-state index contributed by atoms with van der Waals surface area (Å²) < 4.78 is 40.8. The van der Waals surface area contributed by atoms with Crippen molar-refractivity contribution in [2.24, 2.45) is 5.73 Å². The Morgan fingerprint density at radius 2 is 1.89 bits per heavy atom. The fourth-order valence-corrected chi connectivity index (χ4v) is 11.2. The molecule has 38 heavy (non-hydrogen) atoms. The number of hydrogen-bond donors (Lipinski definition) is 2. The largest absolute Gasteiger partial charge is 0.477 e. The number of sulfonamides is 1. The molecule has 1 saturated carbocycles. The van der Waals surface area contributed by atoms with E-state index in [0.29, 0.717) is 47.8 Å². The van der Waals surface area contributed by atoms with Gasteiger partial charge in [-0.3, -0.25) is 9.59 Å². The first-order valence-electron chi connectivity index (χ1n) is 13.0. The lowest BCUT2D eigenvalue weighted by Gasteiger charge is -2.37. The average Bonchev–Trinajstić information content (AvgIpc) is 3.13. The van der Waals surface area contributed by atoms with Gasteiger partial charge in [-0.05, 0) is 64.4 Å². The summed E-state index contributed by atoms with van der Waals surface area (Å²) in [5.41, 5.74) is 7.03. The van der Waals surface area contributed by atoms with Crippen molar-refractivity contribution in [3.63, 3.8) is 0 Å². The van der Waals surface area contributed by atoms with Crippen LogP contribution in [0.1, 0.15) is 56.8 Å². The molecule has 2 amide bonds. The number of nitrogens with two attached hydrogens (primary N) is 1. The molecule has 4 rings (SSSR count). The Bertz CT molecular complexity index is 1330. The molecule has 3 heterocycles. The summed E-state index contributed by atoms with van der Waals surface area (Å²) >= 11 is -2.37. The van der Waals surface area contributed by atoms with E-state index < -0.39 is 41.0 Å². The average molecular weight is 661 g/mol. The van der Waals surface area contributed by atoms with E-state index in [1.807, 2.05) is 13.8 Å². The number of halogens is 1. The standard InChI is InChI=1S/C25H37IN6O5S/c1-5-20-22(21(23(27)33)26(4)32(20)17-9-8-10-17)29-24(34)19-15-18(16-28-25(19)37-7-3)38(35,36)31-13-11-30(6-2)12-14-31/h15-17H,4-14H2,1-3H3,(H2,27,33)(H,29,34). The smallest absolute Gasteiger partial charge is 0.261 e. The van der Waals surface area contributed by atoms with E-state index >= 15 is 0 Å². The number of likely N-dealkylation sites (N-methyl/N-ethyl adjacent to an activating group) is 1. The lowest BCUT2D eigenvalue weighted by Crippen LogP contribution is -2.48. The van der Waals surface area contributed by atoms with Gasteiger partial charge in [0.1, 0.15) is 14.0 Å². The predicted octanol–water partition coefficient (Wildman–Crippen LogP) is 1.54. The number of carbonyl (C=O) groups excluding carboxylic acids is 2. The number of nitrogens with one attached hydrogen (secondary N) is 1. The highest BCUT2D eigenvalue weighted by atomic mass is 127. The fourth-order valence-electron chi connectivity index (χ4n) is 4.85. The van der Waals surface area contributed by atoms with Crippen molar-refractivity contribution < 1.29 is 22.7 Å². The number of carbonyl (C=O) groups is 2. The number of nitrogens with zero attached hydrogens (tertiary/aromatic N) is 4. The van der Waals surface area contributed by atoms with Gasteiger partial charge < -0.3 is 23.8 Å². The molecule has 0 aromatic carbocycles. The molecule has 210 valence electrons. The van der Waals surface area contributed by atoms with Gasteiger partial charge in [0, 0.05) is 37.9 Å². The second kappa shape index (κ2) is 11.9. The normalized spacial score (nSPS) is 20.1. The molecule has 11 nitrogen and oxygen atoms in total. The maximum absolute atomic E-state index is 13.7. The van der Waals surface area contributed by atoms with Crippen molar-refractivity contribution in [1.29, 1.82) is 0 Å². The van der Waals surface area contributed by atoms with E-state index in [2.05, 4.69) is 22.8 Å². The molecule has 0 unspecified atom stereocenters. The fraction of sp³-hybridized carbons (Fsp3) is 0.560. The molecule has 0 spiro atoms. The van der Waals surface area contributed by atoms with Gasteiger partial charge in [-0.15, -0.1) is 0 Å². The van der Waals surface area contributed by atoms with E-state index in [-0.39, 0.29) is 22.9 Å². The van der Waals surface area contributed by atoms with Gasteiger partial charge >= 0.3 is 0 Å². The zero-order chi connectivity index (χ0) is 27.6. The van der Waals surface area contributed by atoms with Gasteiger partial charge in [0.2, 0.25) is 15.9 Å². The first kappa shape index (κ1) is 28.8. The number of hydrogen-bond acceptors (Lipinski definition) is 8. The molecule has 1 saturated heterocycles. The second-order valence-electron chi connectivity index (χ2n) is 9.34. The Kier molecular flexibility index (Phi) is 9.00. The minimum atomic E-state index is -3.87. The van der Waals surface area contributed by atoms with Crippen LogP contribution in [0.15, 0.2) is 28.6 Å². The van der Waals surface area contributed by atoms with Crippen molar-refractivity contribution >= 4 is 49.0 Å². The number of amides is 2. The highest BCUT2D eigenvalue weighted by molar-refractivity contribution is 14.2. The van der Waals surface area contributed by atoms with Gasteiger partial charge in [-0.25, -0.2) is 13.4 Å². The Hall–Kier alpha value is -2.23. The van der Waals surface area contributed by atoms with Gasteiger partial charge in [0.05, 0.1) is 18.5 Å². The van der Waals surface area contributed by atoms with Crippen LogP contribution in [0.2, 0.25) is 0 Å². The third-order valence-corrected chi connectivity index (χ3v) is 14.0. The van der Waals surface area contributed by atoms with Crippen LogP contribution in [0, 0.1) is 0 Å². The van der Waals surface area contributed by atoms with Gasteiger partial charge in [0.15, 0.2) is 0 Å². The Morgan fingerprint density at radius 3 is 2.42 bits per heavy atom. The maximum atomic E-state index is 13.7. The third-order valence-electron chi connectivity index (χ3n) is 7.16. The molecule has 2 fully saturated rings. The number of aromatic nitrogens is 1. The van der Waals surface area contributed by atoms with Crippen LogP contribution in [0.3, 0.4) is 0 Å². The number of ether oxygens (including phenoxy) is 1. The number of pyridine rings is 1. The third kappa shape index (κ3) is 5.42. The van der Waals surface area contributed by atoms with Crippen molar-refractivity contribution in [3.8, 4) is 5.88 Å². The van der Waals surface area contributed by atoms with Gasteiger partial charge in [0.25, 0.3) is 11.8 Å². The molecule has 1 aromatic heterocycles. The van der Waals surface area contributed by atoms with E-state index in [0.717, 1.165) is 31.5 Å². The number of rotatable bonds is 10. The van der Waals surface area contributed by atoms with Crippen LogP contribution in [0.25, 0.3) is 0 Å². The molecule has 0 bridgehead atoms. The summed E-state index contributed by atoms with van der Waals surface area (Å²) in [4.78, 5) is 32.5. The highest BCUT2D eigenvalue weighted by Gasteiger charge is 2.37. The van der Waals surface area contributed by atoms with Crippen molar-refractivity contribution in [2.75, 3.05) is 39.3 Å². The summed E-state index contributed by atoms with van der Waals surface area (Å²) in [5, 5.41) is 2.89. The maximum Gasteiger partial charge on any atom is 0.261 e. The Morgan fingerprint density at radius 1 is 1.21 bits per heavy atom. The molecular weight excluding hydrogens is 623 g/mol. The lowest BCUT2D eigenvalue weighted by atomic mass is 9.92. The number of allylic oxidation sites excluding steroid dienone is 1. The summed E-state index contributed by atoms with van der Waals surface area (Å²) in [6, 6.07) is 1.61. The molecular formula is C25H37IN6O5S. The minimum absolute atomic E-state index is 0.0154. The SMILES string of the molecule is C=I1=C(C(N)=O)C(NC(=O)c2cc(S(=O)(=O)N3CCN(CC)CC3)cnc2OCC)=C(CC)N1C1CCC1. The van der Waals surface area contributed by atoms with Crippen LogP contribution in [-0.4, -0.2) is 90.9 Å². The van der Waals surface area contributed by atoms with Crippen LogP contribution in [0.4, 0.5) is 0 Å². The zero-order valence-corrected chi connectivity index (χ0v) is 25.2. The summed E-state index contributed by atoms with van der Waals surface area (Å²) in [7, 11) is -3.87. The Labute approximate surface area is 231 Å². The summed E-state index contributed by atoms with van der Waals surface area (Å²) in [6.07, 6.45) is 4.99. The van der Waals surface area contributed by atoms with Gasteiger partial charge in [-0.2, -0.15) is 4.31 Å². The summed E-state index contributed by atoms with van der Waals surface area (Å²) in [6.45, 7) is 8.88. The van der Waals surface area contributed by atoms with Crippen molar-refractivity contribution in [1.82, 2.24) is 22.6 Å². The molecule has 0 atom stereocenters. The molecule has 0 radical (unpaired) electrons. The number of primary amides is 1. The van der Waals surface area contributed by atoms with Gasteiger partial charge in [-0.1, -0.05) is 18.4 Å². The second-order valence-corrected chi connectivity index (χ2v) is 15.3. The highest BCUT2D eigenvalue weighted by Crippen LogP contribution is 2.44. The Balaban J connectivity index is 1.69. The van der Waals surface area contributed by atoms with Crippen molar-refractivity contribution in [2.45, 2.75) is 57.4 Å². The zero-order valence-electron chi connectivity index (χ0n) is 22.2. The van der Waals surface area contributed by atoms with Crippen molar-refractivity contribution in [3.05, 3.63) is 29.2 Å². The van der Waals surface area contributed by atoms with E-state index in [9.17, 15) is 18.0 Å². The van der Waals surface area contributed by atoms with E-state index in [1.165, 1.54) is 16.6 Å². The van der Waals surface area contributed by atoms with Crippen LogP contribution in [-0.2, 0) is 14.8 Å². The minimum Gasteiger partial charge on any atom is -0.477 e. The van der Waals surface area contributed by atoms with Crippen LogP contribution in [0.5, 0.6) is 5.88 Å². The monoisotopic (exact) mass is 660 g/mol. The molecule has 1 aliphatic carbocycles. The first-order chi connectivity index (χ1) is 18.1.